The minimum Gasteiger partial charge on any atom is -0.480 e. The van der Waals surface area contributed by atoms with Gasteiger partial charge in [0.2, 0.25) is 0 Å². The van der Waals surface area contributed by atoms with Gasteiger partial charge in [-0.2, -0.15) is 0 Å². The van der Waals surface area contributed by atoms with E-state index in [2.05, 4.69) is 38.2 Å². The molecule has 0 aliphatic carbocycles. The third-order valence-electron chi connectivity index (χ3n) is 4.85. The van der Waals surface area contributed by atoms with E-state index in [1.54, 1.807) is 0 Å². The van der Waals surface area contributed by atoms with Crippen molar-refractivity contribution in [2.45, 2.75) is 52.2 Å². The zero-order valence-electron chi connectivity index (χ0n) is 13.8. The molecule has 22 heavy (non-hydrogen) atoms. The van der Waals surface area contributed by atoms with E-state index in [9.17, 15) is 4.79 Å². The summed E-state index contributed by atoms with van der Waals surface area (Å²) in [4.78, 5) is 15.0. The predicted octanol–water partition coefficient (Wildman–Crippen LogP) is 2.21. The lowest BCUT2D eigenvalue weighted by molar-refractivity contribution is -0.140. The number of hydrogen-bond acceptors (Lipinski definition) is 3. The van der Waals surface area contributed by atoms with Gasteiger partial charge in [0, 0.05) is 25.6 Å². The monoisotopic (exact) mass is 302 g/mol. The molecule has 2 aliphatic rings. The molecule has 0 saturated carbocycles. The fraction of sp³-hybridized carbons (Fsp3) is 0.611. The molecule has 2 unspecified atom stereocenters. The summed E-state index contributed by atoms with van der Waals surface area (Å²) < 4.78 is 5.98. The molecule has 4 heteroatoms. The van der Waals surface area contributed by atoms with Crippen LogP contribution in [0.25, 0.3) is 0 Å². The van der Waals surface area contributed by atoms with Gasteiger partial charge in [0.1, 0.15) is 5.75 Å². The van der Waals surface area contributed by atoms with Crippen molar-refractivity contribution in [1.29, 1.82) is 0 Å². The van der Waals surface area contributed by atoms with Crippen molar-refractivity contribution in [3.63, 3.8) is 0 Å². The van der Waals surface area contributed by atoms with Gasteiger partial charge in [-0.3, -0.25) is 4.79 Å². The molecule has 1 fully saturated rings. The normalized spacial score (nSPS) is 23.2. The maximum absolute atomic E-state index is 12.9. The minimum absolute atomic E-state index is 0.155. The van der Waals surface area contributed by atoms with E-state index in [-0.39, 0.29) is 12.0 Å². The minimum atomic E-state index is -0.344. The lowest BCUT2D eigenvalue weighted by Crippen LogP contribution is -2.48. The molecule has 0 aromatic heterocycles. The van der Waals surface area contributed by atoms with E-state index in [0.717, 1.165) is 38.2 Å². The van der Waals surface area contributed by atoms with Gasteiger partial charge in [0.15, 0.2) is 6.10 Å². The summed E-state index contributed by atoms with van der Waals surface area (Å²) in [6, 6.07) is 4.56. The van der Waals surface area contributed by atoms with Gasteiger partial charge in [0.25, 0.3) is 5.91 Å². The topological polar surface area (TPSA) is 41.6 Å². The average molecular weight is 302 g/mol. The fourth-order valence-corrected chi connectivity index (χ4v) is 3.46. The summed E-state index contributed by atoms with van der Waals surface area (Å²) in [5.74, 6) is 1.05. The average Bonchev–Trinajstić information content (AvgIpc) is 3.14. The molecule has 1 saturated heterocycles. The zero-order valence-corrected chi connectivity index (χ0v) is 13.8. The molecule has 0 radical (unpaired) electrons. The maximum atomic E-state index is 12.9. The van der Waals surface area contributed by atoms with E-state index < -0.39 is 0 Å². The summed E-state index contributed by atoms with van der Waals surface area (Å²) in [5.41, 5.74) is 3.65. The van der Waals surface area contributed by atoms with Crippen molar-refractivity contribution in [1.82, 2.24) is 10.2 Å². The summed E-state index contributed by atoms with van der Waals surface area (Å²) in [5, 5.41) is 3.35. The van der Waals surface area contributed by atoms with E-state index in [0.29, 0.717) is 12.5 Å². The number of hydrogen-bond donors (Lipinski definition) is 1. The second-order valence-electron chi connectivity index (χ2n) is 6.53. The Hall–Kier alpha value is -1.55. The van der Waals surface area contributed by atoms with Crippen LogP contribution in [-0.2, 0) is 11.2 Å². The Labute approximate surface area is 132 Å². The van der Waals surface area contributed by atoms with E-state index >= 15 is 0 Å². The van der Waals surface area contributed by atoms with Crippen LogP contribution in [-0.4, -0.2) is 42.6 Å². The maximum Gasteiger partial charge on any atom is 0.264 e. The molecule has 1 aromatic carbocycles. The van der Waals surface area contributed by atoms with E-state index in [4.69, 9.17) is 4.74 Å². The van der Waals surface area contributed by atoms with Crippen LogP contribution in [0.4, 0.5) is 0 Å². The van der Waals surface area contributed by atoms with Crippen LogP contribution in [0.1, 0.15) is 36.5 Å². The number of rotatable bonds is 4. The van der Waals surface area contributed by atoms with Crippen molar-refractivity contribution >= 4 is 5.91 Å². The standard InChI is InChI=1S/C18H26N2O2/c1-4-7-20(15-5-6-19-11-15)18(21)17-10-14-8-12(2)13(3)9-16(14)22-17/h8-9,15,17,19H,4-7,10-11H2,1-3H3. The third kappa shape index (κ3) is 2.84. The second kappa shape index (κ2) is 6.29. The first-order valence-corrected chi connectivity index (χ1v) is 8.38. The molecule has 0 spiro atoms. The summed E-state index contributed by atoms with van der Waals surface area (Å²) in [6.07, 6.45) is 2.39. The second-order valence-corrected chi connectivity index (χ2v) is 6.53. The highest BCUT2D eigenvalue weighted by atomic mass is 16.5. The van der Waals surface area contributed by atoms with Crippen LogP contribution in [0.2, 0.25) is 0 Å². The molecule has 0 bridgehead atoms. The quantitative estimate of drug-likeness (QED) is 0.927. The van der Waals surface area contributed by atoms with Crippen molar-refractivity contribution in [2.24, 2.45) is 0 Å². The highest BCUT2D eigenvalue weighted by Crippen LogP contribution is 2.32. The van der Waals surface area contributed by atoms with Gasteiger partial charge >= 0.3 is 0 Å². The SMILES string of the molecule is CCCN(C(=O)C1Cc2cc(C)c(C)cc2O1)C1CCNC1. The molecule has 1 N–H and O–H groups in total. The Morgan fingerprint density at radius 2 is 2.14 bits per heavy atom. The fourth-order valence-electron chi connectivity index (χ4n) is 3.46. The van der Waals surface area contributed by atoms with Gasteiger partial charge in [0.05, 0.1) is 0 Å². The number of nitrogens with one attached hydrogen (secondary N) is 1. The van der Waals surface area contributed by atoms with Crippen LogP contribution in [0, 0.1) is 13.8 Å². The number of ether oxygens (including phenoxy) is 1. The first kappa shape index (κ1) is 15.3. The Bertz CT molecular complexity index is 533. The Kier molecular flexibility index (Phi) is 4.39. The number of carbonyl (C=O) groups is 1. The molecule has 1 amide bonds. The highest BCUT2D eigenvalue weighted by Gasteiger charge is 2.36. The zero-order chi connectivity index (χ0) is 15.7. The molecular weight excluding hydrogens is 276 g/mol. The summed E-state index contributed by atoms with van der Waals surface area (Å²) in [6.45, 7) is 9.05. The lowest BCUT2D eigenvalue weighted by atomic mass is 10.0. The van der Waals surface area contributed by atoms with Gasteiger partial charge in [-0.15, -0.1) is 0 Å². The molecule has 2 atom stereocenters. The summed E-state index contributed by atoms with van der Waals surface area (Å²) in [7, 11) is 0. The number of amides is 1. The molecule has 2 heterocycles. The van der Waals surface area contributed by atoms with Crippen molar-refractivity contribution in [2.75, 3.05) is 19.6 Å². The van der Waals surface area contributed by atoms with Crippen LogP contribution in [0.15, 0.2) is 12.1 Å². The van der Waals surface area contributed by atoms with Crippen molar-refractivity contribution < 1.29 is 9.53 Å². The number of fused-ring (bicyclic) bond motifs is 1. The molecule has 1 aromatic rings. The molecule has 120 valence electrons. The van der Waals surface area contributed by atoms with Crippen molar-refractivity contribution in [3.05, 3.63) is 28.8 Å². The number of nitrogens with zero attached hydrogens (tertiary/aromatic N) is 1. The Morgan fingerprint density at radius 3 is 2.82 bits per heavy atom. The molecular formula is C18H26N2O2. The first-order chi connectivity index (χ1) is 10.6. The largest absolute Gasteiger partial charge is 0.480 e. The number of benzene rings is 1. The van der Waals surface area contributed by atoms with Crippen LogP contribution in [0.5, 0.6) is 5.75 Å². The highest BCUT2D eigenvalue weighted by molar-refractivity contribution is 5.83. The molecule has 3 rings (SSSR count). The molecule has 2 aliphatic heterocycles. The number of carbonyl (C=O) groups excluding carboxylic acids is 1. The predicted molar refractivity (Wildman–Crippen MR) is 87.3 cm³/mol. The first-order valence-electron chi connectivity index (χ1n) is 8.38. The van der Waals surface area contributed by atoms with Crippen LogP contribution < -0.4 is 10.1 Å². The smallest absolute Gasteiger partial charge is 0.264 e. The van der Waals surface area contributed by atoms with Crippen LogP contribution in [0.3, 0.4) is 0 Å². The van der Waals surface area contributed by atoms with Crippen LogP contribution >= 0.6 is 0 Å². The van der Waals surface area contributed by atoms with Gasteiger partial charge in [-0.25, -0.2) is 0 Å². The summed E-state index contributed by atoms with van der Waals surface area (Å²) >= 11 is 0. The Morgan fingerprint density at radius 1 is 1.36 bits per heavy atom. The van der Waals surface area contributed by atoms with Gasteiger partial charge in [-0.05, 0) is 56.0 Å². The molecule has 4 nitrogen and oxygen atoms in total. The number of aryl methyl sites for hydroxylation is 2. The van der Waals surface area contributed by atoms with Gasteiger partial charge in [-0.1, -0.05) is 13.0 Å². The van der Waals surface area contributed by atoms with Gasteiger partial charge < -0.3 is 15.0 Å². The van der Waals surface area contributed by atoms with Crippen molar-refractivity contribution in [3.8, 4) is 5.75 Å². The lowest BCUT2D eigenvalue weighted by Gasteiger charge is -2.30. The third-order valence-corrected chi connectivity index (χ3v) is 4.85. The van der Waals surface area contributed by atoms with E-state index in [1.807, 2.05) is 4.90 Å². The van der Waals surface area contributed by atoms with E-state index in [1.165, 1.54) is 16.7 Å². The Balaban J connectivity index is 1.75.